The first-order valence-electron chi connectivity index (χ1n) is 6.51. The van der Waals surface area contributed by atoms with Gasteiger partial charge < -0.3 is 9.88 Å². The van der Waals surface area contributed by atoms with Crippen molar-refractivity contribution < 1.29 is 0 Å². The van der Waals surface area contributed by atoms with Crippen LogP contribution in [0.4, 0.5) is 0 Å². The number of hydrogen-bond acceptors (Lipinski definition) is 2. The fourth-order valence-electron chi connectivity index (χ4n) is 2.89. The number of nitrogens with one attached hydrogen (secondary N) is 1. The minimum absolute atomic E-state index is 0.140. The first kappa shape index (κ1) is 12.0. The molecule has 1 fully saturated rings. The van der Waals surface area contributed by atoms with Gasteiger partial charge in [0.05, 0.1) is 11.0 Å². The summed E-state index contributed by atoms with van der Waals surface area (Å²) in [6, 6.07) is 5.97. The van der Waals surface area contributed by atoms with E-state index in [9.17, 15) is 0 Å². The van der Waals surface area contributed by atoms with E-state index < -0.39 is 0 Å². The maximum absolute atomic E-state index is 6.06. The zero-order valence-corrected chi connectivity index (χ0v) is 11.6. The number of hydrogen-bond donors (Lipinski definition) is 1. The highest BCUT2D eigenvalue weighted by Gasteiger charge is 2.35. The van der Waals surface area contributed by atoms with Crippen LogP contribution in [0, 0.1) is 0 Å². The monoisotopic (exact) mass is 263 g/mol. The Morgan fingerprint density at radius 2 is 2.33 bits per heavy atom. The van der Waals surface area contributed by atoms with Crippen molar-refractivity contribution in [3.05, 3.63) is 29.0 Å². The van der Waals surface area contributed by atoms with E-state index in [-0.39, 0.29) is 5.41 Å². The third kappa shape index (κ3) is 1.73. The van der Waals surface area contributed by atoms with Crippen LogP contribution in [0.1, 0.15) is 26.1 Å². The number of aryl methyl sites for hydroxylation is 1. The summed E-state index contributed by atoms with van der Waals surface area (Å²) < 4.78 is 2.32. The third-order valence-corrected chi connectivity index (χ3v) is 4.17. The summed E-state index contributed by atoms with van der Waals surface area (Å²) in [5, 5.41) is 4.19. The Kier molecular flexibility index (Phi) is 2.83. The second kappa shape index (κ2) is 4.25. The molecule has 1 saturated heterocycles. The van der Waals surface area contributed by atoms with Gasteiger partial charge in [-0.25, -0.2) is 4.98 Å². The van der Waals surface area contributed by atoms with Crippen molar-refractivity contribution in [1.82, 2.24) is 14.9 Å². The molecule has 4 heteroatoms. The van der Waals surface area contributed by atoms with Gasteiger partial charge in [-0.05, 0) is 38.1 Å². The minimum Gasteiger partial charge on any atom is -0.328 e. The van der Waals surface area contributed by atoms with Gasteiger partial charge in [0, 0.05) is 23.5 Å². The lowest BCUT2D eigenvalue weighted by Crippen LogP contribution is -2.29. The molecule has 0 radical (unpaired) electrons. The number of halogens is 1. The number of aromatic nitrogens is 2. The van der Waals surface area contributed by atoms with Crippen LogP contribution in [-0.2, 0) is 12.0 Å². The fraction of sp³-hybridized carbons (Fsp3) is 0.500. The van der Waals surface area contributed by atoms with E-state index in [1.807, 2.05) is 12.1 Å². The van der Waals surface area contributed by atoms with Crippen molar-refractivity contribution in [2.24, 2.45) is 0 Å². The van der Waals surface area contributed by atoms with Gasteiger partial charge in [0.25, 0.3) is 0 Å². The molecule has 0 aliphatic carbocycles. The molecule has 96 valence electrons. The van der Waals surface area contributed by atoms with Gasteiger partial charge in [0.15, 0.2) is 0 Å². The van der Waals surface area contributed by atoms with Crippen molar-refractivity contribution >= 4 is 22.6 Å². The molecule has 1 atom stereocenters. The zero-order valence-electron chi connectivity index (χ0n) is 10.8. The third-order valence-electron chi connectivity index (χ3n) is 3.94. The Balaban J connectivity index is 2.22. The second-order valence-corrected chi connectivity index (χ2v) is 5.74. The van der Waals surface area contributed by atoms with Crippen molar-refractivity contribution in [2.75, 3.05) is 13.1 Å². The highest BCUT2D eigenvalue weighted by atomic mass is 35.5. The van der Waals surface area contributed by atoms with E-state index in [1.54, 1.807) is 0 Å². The predicted molar refractivity (Wildman–Crippen MR) is 75.3 cm³/mol. The van der Waals surface area contributed by atoms with E-state index >= 15 is 0 Å². The number of rotatable bonds is 2. The van der Waals surface area contributed by atoms with E-state index in [1.165, 1.54) is 11.3 Å². The van der Waals surface area contributed by atoms with Crippen molar-refractivity contribution in [3.8, 4) is 0 Å². The first-order valence-corrected chi connectivity index (χ1v) is 6.89. The van der Waals surface area contributed by atoms with Gasteiger partial charge in [-0.3, -0.25) is 0 Å². The molecule has 3 nitrogen and oxygen atoms in total. The topological polar surface area (TPSA) is 29.9 Å². The average Bonchev–Trinajstić information content (AvgIpc) is 2.93. The molecular formula is C14H18ClN3. The van der Waals surface area contributed by atoms with Crippen LogP contribution in [0.15, 0.2) is 18.2 Å². The molecular weight excluding hydrogens is 246 g/mol. The van der Waals surface area contributed by atoms with Crippen molar-refractivity contribution in [1.29, 1.82) is 0 Å². The standard InChI is InChI=1S/C14H18ClN3/c1-3-18-12-5-4-10(15)8-11(12)17-13(18)14(2)6-7-16-9-14/h4-5,8,16H,3,6-7,9H2,1-2H3. The molecule has 0 saturated carbocycles. The number of nitrogens with zero attached hydrogens (tertiary/aromatic N) is 2. The highest BCUT2D eigenvalue weighted by Crippen LogP contribution is 2.32. The Labute approximate surface area is 112 Å². The normalized spacial score (nSPS) is 23.9. The van der Waals surface area contributed by atoms with Gasteiger partial charge in [-0.1, -0.05) is 18.5 Å². The maximum atomic E-state index is 6.06. The quantitative estimate of drug-likeness (QED) is 0.903. The SMILES string of the molecule is CCn1c(C2(C)CCNC2)nc2cc(Cl)ccc21. The zero-order chi connectivity index (χ0) is 12.8. The summed E-state index contributed by atoms with van der Waals surface area (Å²) in [6.45, 7) is 7.49. The van der Waals surface area contributed by atoms with Crippen LogP contribution in [0.5, 0.6) is 0 Å². The second-order valence-electron chi connectivity index (χ2n) is 5.30. The molecule has 0 amide bonds. The largest absolute Gasteiger partial charge is 0.328 e. The summed E-state index contributed by atoms with van der Waals surface area (Å²) in [6.07, 6.45) is 1.14. The Morgan fingerprint density at radius 3 is 3.00 bits per heavy atom. The molecule has 0 bridgehead atoms. The summed E-state index contributed by atoms with van der Waals surface area (Å²) in [5.74, 6) is 1.19. The molecule has 1 aliphatic heterocycles. The summed E-state index contributed by atoms with van der Waals surface area (Å²) >= 11 is 6.06. The Hall–Kier alpha value is -1.06. The van der Waals surface area contributed by atoms with Crippen LogP contribution in [0.2, 0.25) is 5.02 Å². The lowest BCUT2D eigenvalue weighted by molar-refractivity contribution is 0.465. The molecule has 2 aromatic rings. The van der Waals surface area contributed by atoms with Crippen LogP contribution in [0.3, 0.4) is 0 Å². The molecule has 3 rings (SSSR count). The highest BCUT2D eigenvalue weighted by molar-refractivity contribution is 6.31. The van der Waals surface area contributed by atoms with Crippen LogP contribution in [-0.4, -0.2) is 22.6 Å². The van der Waals surface area contributed by atoms with Gasteiger partial charge in [0.1, 0.15) is 5.82 Å². The molecule has 0 spiro atoms. The summed E-state index contributed by atoms with van der Waals surface area (Å²) in [7, 11) is 0. The Morgan fingerprint density at radius 1 is 1.50 bits per heavy atom. The molecule has 1 aliphatic rings. The molecule has 1 N–H and O–H groups in total. The number of benzene rings is 1. The summed E-state index contributed by atoms with van der Waals surface area (Å²) in [4.78, 5) is 4.84. The van der Waals surface area contributed by atoms with Crippen molar-refractivity contribution in [2.45, 2.75) is 32.2 Å². The van der Waals surface area contributed by atoms with Crippen LogP contribution in [0.25, 0.3) is 11.0 Å². The van der Waals surface area contributed by atoms with Crippen LogP contribution < -0.4 is 5.32 Å². The lowest BCUT2D eigenvalue weighted by Gasteiger charge is -2.23. The molecule has 2 heterocycles. The molecule has 1 aromatic carbocycles. The molecule has 18 heavy (non-hydrogen) atoms. The first-order chi connectivity index (χ1) is 8.64. The van der Waals surface area contributed by atoms with Crippen molar-refractivity contribution in [3.63, 3.8) is 0 Å². The minimum atomic E-state index is 0.140. The van der Waals surface area contributed by atoms with E-state index in [2.05, 4.69) is 29.8 Å². The average molecular weight is 264 g/mol. The van der Waals surface area contributed by atoms with Gasteiger partial charge in [-0.15, -0.1) is 0 Å². The predicted octanol–water partition coefficient (Wildman–Crippen LogP) is 2.96. The summed E-state index contributed by atoms with van der Waals surface area (Å²) in [5.41, 5.74) is 2.33. The lowest BCUT2D eigenvalue weighted by atomic mass is 9.89. The number of fused-ring (bicyclic) bond motifs is 1. The molecule has 1 aromatic heterocycles. The van der Waals surface area contributed by atoms with E-state index in [4.69, 9.17) is 16.6 Å². The van der Waals surface area contributed by atoms with E-state index in [0.29, 0.717) is 0 Å². The Bertz CT molecular complexity index is 582. The number of imidazole rings is 1. The smallest absolute Gasteiger partial charge is 0.117 e. The van der Waals surface area contributed by atoms with Gasteiger partial charge in [-0.2, -0.15) is 0 Å². The van der Waals surface area contributed by atoms with E-state index in [0.717, 1.165) is 36.6 Å². The molecule has 1 unspecified atom stereocenters. The fourth-order valence-corrected chi connectivity index (χ4v) is 3.06. The van der Waals surface area contributed by atoms with Gasteiger partial charge >= 0.3 is 0 Å². The van der Waals surface area contributed by atoms with Gasteiger partial charge in [0.2, 0.25) is 0 Å². The maximum Gasteiger partial charge on any atom is 0.117 e. The van der Waals surface area contributed by atoms with Crippen LogP contribution >= 0.6 is 11.6 Å².